The molecule has 0 aromatic rings. The van der Waals surface area contributed by atoms with Crippen molar-refractivity contribution >= 4 is 19.8 Å². The minimum atomic E-state index is -4.42. The Bertz CT molecular complexity index is 1420. The summed E-state index contributed by atoms with van der Waals surface area (Å²) in [6.07, 6.45) is 52.4. The minimum Gasteiger partial charge on any atom is -0.462 e. The van der Waals surface area contributed by atoms with Gasteiger partial charge in [0.2, 0.25) is 0 Å². The zero-order valence-electron chi connectivity index (χ0n) is 38.5. The Kier molecular flexibility index (Phi) is 34.3. The summed E-state index contributed by atoms with van der Waals surface area (Å²) in [7, 11) is 1.38. The molecule has 0 aromatic carbocycles. The first-order chi connectivity index (χ1) is 29.5. The lowest BCUT2D eigenvalue weighted by Crippen LogP contribution is -2.37. The Hall–Kier alpha value is -3.11. The third-order valence-corrected chi connectivity index (χ3v) is 10.5. The van der Waals surface area contributed by atoms with Gasteiger partial charge in [-0.1, -0.05) is 143 Å². The number of nitrogens with zero attached hydrogens (tertiary/aromatic N) is 1. The Balaban J connectivity index is 2.36. The van der Waals surface area contributed by atoms with Crippen molar-refractivity contribution in [2.24, 2.45) is 0 Å². The summed E-state index contributed by atoms with van der Waals surface area (Å²) in [6.45, 7) is 4.12. The monoisotopic (exact) mass is 873 g/mol. The number of hydrogen-bond donors (Lipinski definition) is 1. The SMILES string of the molecule is CC/C=C\CC1OC1C/C=C\C/C=C\C/C=C\C/C=C\CCC(=O)O[C@H](COC(=O)CCC/C=C\C/C=C\C/C=C\CCCCCCCC)COP(=O)(O)OCC[N+](C)(C)C. The van der Waals surface area contributed by atoms with E-state index in [1.807, 2.05) is 33.3 Å². The molecule has 0 radical (unpaired) electrons. The number of allylic oxidation sites excluding steroid dienone is 14. The zero-order chi connectivity index (χ0) is 44.7. The van der Waals surface area contributed by atoms with E-state index in [-0.39, 0.29) is 26.1 Å². The highest BCUT2D eigenvalue weighted by atomic mass is 31.2. The fourth-order valence-electron chi connectivity index (χ4n) is 5.80. The number of likely N-dealkylation sites (N-methyl/N-ethyl adjacent to an activating group) is 1. The lowest BCUT2D eigenvalue weighted by molar-refractivity contribution is -0.870. The number of phosphoric ester groups is 1. The van der Waals surface area contributed by atoms with E-state index >= 15 is 0 Å². The van der Waals surface area contributed by atoms with Crippen LogP contribution in [0.25, 0.3) is 0 Å². The van der Waals surface area contributed by atoms with Gasteiger partial charge in [-0.25, -0.2) is 4.57 Å². The van der Waals surface area contributed by atoms with Crippen LogP contribution in [-0.2, 0) is 37.4 Å². The lowest BCUT2D eigenvalue weighted by Gasteiger charge is -2.24. The Morgan fingerprint density at radius 1 is 0.607 bits per heavy atom. The molecule has 1 N–H and O–H groups in total. The molecule has 4 atom stereocenters. The molecule has 0 aromatic heterocycles. The summed E-state index contributed by atoms with van der Waals surface area (Å²) in [5, 5.41) is 0. The van der Waals surface area contributed by atoms with Crippen molar-refractivity contribution in [2.45, 2.75) is 161 Å². The fourth-order valence-corrected chi connectivity index (χ4v) is 6.54. The van der Waals surface area contributed by atoms with E-state index in [9.17, 15) is 19.0 Å². The molecule has 11 heteroatoms. The Labute approximate surface area is 370 Å². The minimum absolute atomic E-state index is 0.00302. The molecular formula is C50H83NO9P+. The normalized spacial score (nSPS) is 17.7. The predicted molar refractivity (Wildman–Crippen MR) is 251 cm³/mol. The molecule has 0 spiro atoms. The molecule has 346 valence electrons. The van der Waals surface area contributed by atoms with Crippen molar-refractivity contribution in [1.82, 2.24) is 0 Å². The third kappa shape index (κ3) is 38.3. The van der Waals surface area contributed by atoms with Crippen molar-refractivity contribution in [3.63, 3.8) is 0 Å². The standard InChI is InChI=1S/C50H82NO9P/c1-6-8-10-11-12-13-14-15-16-17-18-19-23-26-29-32-36-40-49(52)56-44-46(45-58-61(54,55)57-43-42-51(3,4)5)59-50(53)41-37-33-30-27-24-21-20-22-25-28-31-35-39-48-47(60-48)38-34-9-7-2/h9,15-16,18-19,21-22,24-26,29-31,33-35,46-48H,6-8,10-14,17,20,23,27-28,32,36-45H2,1-5H3/p+1/b16-15-,19-18-,24-21-,25-22-,29-26-,33-30-,34-9-,35-31-/t46-,47?,48?/m1/s1. The van der Waals surface area contributed by atoms with Crippen LogP contribution in [0.2, 0.25) is 0 Å². The van der Waals surface area contributed by atoms with E-state index < -0.39 is 32.5 Å². The van der Waals surface area contributed by atoms with Crippen molar-refractivity contribution in [3.05, 3.63) is 97.2 Å². The van der Waals surface area contributed by atoms with E-state index in [0.717, 1.165) is 64.2 Å². The van der Waals surface area contributed by atoms with E-state index in [1.165, 1.54) is 38.5 Å². The van der Waals surface area contributed by atoms with Gasteiger partial charge in [0.15, 0.2) is 6.10 Å². The van der Waals surface area contributed by atoms with Crippen LogP contribution in [-0.4, -0.2) is 87.1 Å². The zero-order valence-corrected chi connectivity index (χ0v) is 39.4. The van der Waals surface area contributed by atoms with Crippen molar-refractivity contribution in [1.29, 1.82) is 0 Å². The largest absolute Gasteiger partial charge is 0.472 e. The highest BCUT2D eigenvalue weighted by Gasteiger charge is 2.36. The molecule has 1 rings (SSSR count). The summed E-state index contributed by atoms with van der Waals surface area (Å²) < 4.78 is 39.9. The molecule has 0 bridgehead atoms. The molecule has 0 aliphatic carbocycles. The Morgan fingerprint density at radius 2 is 1.11 bits per heavy atom. The molecule has 0 saturated carbocycles. The highest BCUT2D eigenvalue weighted by molar-refractivity contribution is 7.47. The summed E-state index contributed by atoms with van der Waals surface area (Å²) in [6, 6.07) is 0. The number of phosphoric acid groups is 1. The number of ether oxygens (including phenoxy) is 3. The number of hydrogen-bond acceptors (Lipinski definition) is 8. The topological polar surface area (TPSA) is 121 Å². The maximum atomic E-state index is 12.7. The molecule has 3 unspecified atom stereocenters. The molecule has 1 saturated heterocycles. The number of carbonyl (C=O) groups is 2. The van der Waals surface area contributed by atoms with Crippen LogP contribution < -0.4 is 0 Å². The van der Waals surface area contributed by atoms with E-state index in [4.69, 9.17) is 23.3 Å². The summed E-state index contributed by atoms with van der Waals surface area (Å²) in [4.78, 5) is 35.4. The van der Waals surface area contributed by atoms with Gasteiger partial charge >= 0.3 is 19.8 Å². The van der Waals surface area contributed by atoms with Crippen molar-refractivity contribution in [2.75, 3.05) is 47.5 Å². The number of carbonyl (C=O) groups excluding carboxylic acids is 2. The summed E-state index contributed by atoms with van der Waals surface area (Å²) >= 11 is 0. The van der Waals surface area contributed by atoms with Gasteiger partial charge in [0.25, 0.3) is 0 Å². The Morgan fingerprint density at radius 3 is 1.69 bits per heavy atom. The molecule has 61 heavy (non-hydrogen) atoms. The third-order valence-electron chi connectivity index (χ3n) is 9.51. The maximum absolute atomic E-state index is 12.7. The first-order valence-corrected chi connectivity index (χ1v) is 24.6. The average Bonchev–Trinajstić information content (AvgIpc) is 3.97. The summed E-state index contributed by atoms with van der Waals surface area (Å²) in [5.41, 5.74) is 0. The van der Waals surface area contributed by atoms with Crippen LogP contribution >= 0.6 is 7.82 Å². The second kappa shape index (κ2) is 37.4. The molecule has 10 nitrogen and oxygen atoms in total. The number of quaternary nitrogens is 1. The van der Waals surface area contributed by atoms with Gasteiger partial charge in [-0.05, 0) is 83.5 Å². The number of rotatable bonds is 39. The van der Waals surface area contributed by atoms with Crippen LogP contribution in [0.15, 0.2) is 97.2 Å². The van der Waals surface area contributed by atoms with Crippen LogP contribution in [0, 0.1) is 0 Å². The van der Waals surface area contributed by atoms with Crippen LogP contribution in [0.5, 0.6) is 0 Å². The predicted octanol–water partition coefficient (Wildman–Crippen LogP) is 12.3. The highest BCUT2D eigenvalue weighted by Crippen LogP contribution is 2.43. The molecule has 1 fully saturated rings. The first-order valence-electron chi connectivity index (χ1n) is 23.1. The second-order valence-corrected chi connectivity index (χ2v) is 17.9. The second-order valence-electron chi connectivity index (χ2n) is 16.4. The van der Waals surface area contributed by atoms with Gasteiger partial charge in [-0.2, -0.15) is 0 Å². The number of epoxide rings is 1. The number of unbranched alkanes of at least 4 members (excludes halogenated alkanes) is 7. The number of esters is 2. The lowest BCUT2D eigenvalue weighted by atomic mass is 10.1. The van der Waals surface area contributed by atoms with Crippen molar-refractivity contribution in [3.8, 4) is 0 Å². The molecule has 1 aliphatic rings. The van der Waals surface area contributed by atoms with E-state index in [1.54, 1.807) is 0 Å². The molecule has 1 heterocycles. The van der Waals surface area contributed by atoms with E-state index in [2.05, 4.69) is 98.9 Å². The molecular weight excluding hydrogens is 790 g/mol. The van der Waals surface area contributed by atoms with Gasteiger partial charge in [-0.3, -0.25) is 18.6 Å². The smallest absolute Gasteiger partial charge is 0.462 e. The van der Waals surface area contributed by atoms with E-state index in [0.29, 0.717) is 36.1 Å². The van der Waals surface area contributed by atoms with Crippen LogP contribution in [0.1, 0.15) is 142 Å². The van der Waals surface area contributed by atoms with Crippen LogP contribution in [0.3, 0.4) is 0 Å². The molecule has 0 amide bonds. The maximum Gasteiger partial charge on any atom is 0.472 e. The first kappa shape index (κ1) is 55.9. The van der Waals surface area contributed by atoms with Gasteiger partial charge in [0.05, 0.1) is 40.0 Å². The van der Waals surface area contributed by atoms with Gasteiger partial charge in [-0.15, -0.1) is 0 Å². The van der Waals surface area contributed by atoms with Gasteiger partial charge in [0.1, 0.15) is 19.8 Å². The summed E-state index contributed by atoms with van der Waals surface area (Å²) in [5.74, 6) is -0.972. The van der Waals surface area contributed by atoms with Gasteiger partial charge < -0.3 is 23.6 Å². The van der Waals surface area contributed by atoms with Gasteiger partial charge in [0, 0.05) is 12.8 Å². The van der Waals surface area contributed by atoms with Crippen molar-refractivity contribution < 1.29 is 46.8 Å². The molecule has 1 aliphatic heterocycles. The van der Waals surface area contributed by atoms with Crippen LogP contribution in [0.4, 0.5) is 0 Å². The average molecular weight is 873 g/mol. The fraction of sp³-hybridized carbons (Fsp3) is 0.640. The quantitative estimate of drug-likeness (QED) is 0.0161.